The summed E-state index contributed by atoms with van der Waals surface area (Å²) in [5, 5.41) is 2.70. The van der Waals surface area contributed by atoms with Crippen molar-refractivity contribution in [2.24, 2.45) is 5.73 Å². The number of hydrogen-bond acceptors (Lipinski definition) is 4. The first-order valence-electron chi connectivity index (χ1n) is 6.75. The summed E-state index contributed by atoms with van der Waals surface area (Å²) in [5.41, 5.74) is 6.65. The third kappa shape index (κ3) is 6.43. The van der Waals surface area contributed by atoms with Crippen molar-refractivity contribution in [1.29, 1.82) is 0 Å². The van der Waals surface area contributed by atoms with Gasteiger partial charge in [0, 0.05) is 27.6 Å². The van der Waals surface area contributed by atoms with Crippen LogP contribution in [0.1, 0.15) is 5.56 Å². The van der Waals surface area contributed by atoms with Gasteiger partial charge in [0.15, 0.2) is 0 Å². The topological polar surface area (TPSA) is 84.7 Å². The maximum atomic E-state index is 12.2. The summed E-state index contributed by atoms with van der Waals surface area (Å²) in [5.74, 6) is -0.565. The highest BCUT2D eigenvalue weighted by molar-refractivity contribution is 5.89. The number of benzene rings is 1. The van der Waals surface area contributed by atoms with Gasteiger partial charge in [0.2, 0.25) is 11.8 Å². The van der Waals surface area contributed by atoms with E-state index in [1.54, 1.807) is 14.1 Å². The van der Waals surface area contributed by atoms with Gasteiger partial charge in [-0.2, -0.15) is 0 Å². The Kier molecular flexibility index (Phi) is 9.40. The minimum atomic E-state index is -0.789. The summed E-state index contributed by atoms with van der Waals surface area (Å²) >= 11 is 0. The summed E-state index contributed by atoms with van der Waals surface area (Å²) in [7, 11) is 4.78. The molecule has 6 nitrogen and oxygen atoms in total. The largest absolute Gasteiger partial charge is 0.383 e. The fourth-order valence-corrected chi connectivity index (χ4v) is 1.90. The molecule has 22 heavy (non-hydrogen) atoms. The molecule has 1 aromatic carbocycles. The lowest BCUT2D eigenvalue weighted by atomic mass is 10.0. The summed E-state index contributed by atoms with van der Waals surface area (Å²) in [4.78, 5) is 25.6. The van der Waals surface area contributed by atoms with E-state index in [1.807, 2.05) is 30.3 Å². The zero-order chi connectivity index (χ0) is 15.8. The summed E-state index contributed by atoms with van der Waals surface area (Å²) in [6.07, 6.45) is 0.420. The number of carbonyl (C=O) groups is 2. The molecule has 0 aliphatic heterocycles. The van der Waals surface area contributed by atoms with Crippen LogP contribution in [-0.2, 0) is 20.7 Å². The van der Waals surface area contributed by atoms with Crippen molar-refractivity contribution >= 4 is 24.2 Å². The minimum Gasteiger partial charge on any atom is -0.383 e. The lowest BCUT2D eigenvalue weighted by Crippen LogP contribution is -2.53. The van der Waals surface area contributed by atoms with Gasteiger partial charge in [0.25, 0.3) is 0 Å². The van der Waals surface area contributed by atoms with Crippen LogP contribution in [0.3, 0.4) is 0 Å². The minimum absolute atomic E-state index is 0. The van der Waals surface area contributed by atoms with Gasteiger partial charge in [-0.3, -0.25) is 9.59 Å². The van der Waals surface area contributed by atoms with Crippen LogP contribution >= 0.6 is 12.4 Å². The van der Waals surface area contributed by atoms with Gasteiger partial charge < -0.3 is 20.7 Å². The standard InChI is InChI=1S/C15H23N3O3.ClH/c1-18(2)15(20)13(9-11-7-5-4-6-8-11)17-14(19)12(16)10-21-3;/h4-8,12-13H,9-10,16H2,1-3H3,(H,17,19);1H. The van der Waals surface area contributed by atoms with Crippen molar-refractivity contribution in [1.82, 2.24) is 10.2 Å². The Bertz CT molecular complexity index is 468. The van der Waals surface area contributed by atoms with Crippen LogP contribution in [0.25, 0.3) is 0 Å². The molecule has 2 unspecified atom stereocenters. The zero-order valence-corrected chi connectivity index (χ0v) is 13.9. The number of halogens is 1. The number of nitrogens with one attached hydrogen (secondary N) is 1. The number of ether oxygens (including phenoxy) is 1. The van der Waals surface area contributed by atoms with Gasteiger partial charge in [0.05, 0.1) is 6.61 Å². The Morgan fingerprint density at radius 3 is 2.36 bits per heavy atom. The molecule has 2 atom stereocenters. The molecule has 0 bridgehead atoms. The molecule has 3 N–H and O–H groups in total. The van der Waals surface area contributed by atoms with Crippen LogP contribution in [-0.4, -0.2) is 56.6 Å². The van der Waals surface area contributed by atoms with E-state index in [0.717, 1.165) is 5.56 Å². The van der Waals surface area contributed by atoms with Crippen molar-refractivity contribution in [3.8, 4) is 0 Å². The van der Waals surface area contributed by atoms with Gasteiger partial charge in [0.1, 0.15) is 12.1 Å². The van der Waals surface area contributed by atoms with Crippen molar-refractivity contribution in [3.05, 3.63) is 35.9 Å². The average molecular weight is 330 g/mol. The van der Waals surface area contributed by atoms with Crippen LogP contribution in [0, 0.1) is 0 Å². The molecule has 2 amide bonds. The fourth-order valence-electron chi connectivity index (χ4n) is 1.90. The second-order valence-electron chi connectivity index (χ2n) is 5.05. The monoisotopic (exact) mass is 329 g/mol. The van der Waals surface area contributed by atoms with Gasteiger partial charge in [-0.25, -0.2) is 0 Å². The highest BCUT2D eigenvalue weighted by Gasteiger charge is 2.25. The predicted molar refractivity (Wildman–Crippen MR) is 87.9 cm³/mol. The lowest BCUT2D eigenvalue weighted by molar-refractivity contribution is -0.135. The van der Waals surface area contributed by atoms with Crippen molar-refractivity contribution in [3.63, 3.8) is 0 Å². The Morgan fingerprint density at radius 1 is 1.27 bits per heavy atom. The molecule has 124 valence electrons. The molecule has 0 aliphatic rings. The number of rotatable bonds is 7. The van der Waals surface area contributed by atoms with Crippen LogP contribution in [0.5, 0.6) is 0 Å². The predicted octanol–water partition coefficient (Wildman–Crippen LogP) is 0.198. The van der Waals surface area contributed by atoms with E-state index in [2.05, 4.69) is 5.32 Å². The zero-order valence-electron chi connectivity index (χ0n) is 13.1. The molecule has 0 spiro atoms. The first-order valence-corrected chi connectivity index (χ1v) is 6.75. The number of nitrogens with two attached hydrogens (primary N) is 1. The molecule has 0 saturated carbocycles. The van der Waals surface area contributed by atoms with E-state index in [0.29, 0.717) is 6.42 Å². The summed E-state index contributed by atoms with van der Waals surface area (Å²) in [6.45, 7) is 0.111. The SMILES string of the molecule is COCC(N)C(=O)NC(Cc1ccccc1)C(=O)N(C)C.Cl. The fraction of sp³-hybridized carbons (Fsp3) is 0.467. The van der Waals surface area contributed by atoms with E-state index in [4.69, 9.17) is 10.5 Å². The Balaban J connectivity index is 0.00000441. The van der Waals surface area contributed by atoms with Gasteiger partial charge in [-0.1, -0.05) is 30.3 Å². The summed E-state index contributed by atoms with van der Waals surface area (Å²) in [6, 6.07) is 8.09. The normalized spacial score (nSPS) is 12.7. The third-order valence-corrected chi connectivity index (χ3v) is 3.02. The van der Waals surface area contributed by atoms with E-state index < -0.39 is 18.0 Å². The van der Waals surface area contributed by atoms with Gasteiger partial charge >= 0.3 is 0 Å². The Hall–Kier alpha value is -1.63. The van der Waals surface area contributed by atoms with Gasteiger partial charge in [-0.05, 0) is 5.56 Å². The third-order valence-electron chi connectivity index (χ3n) is 3.02. The van der Waals surface area contributed by atoms with Crippen molar-refractivity contribution in [2.45, 2.75) is 18.5 Å². The molecule has 1 aromatic rings. The maximum absolute atomic E-state index is 12.2. The van der Waals surface area contributed by atoms with Crippen LogP contribution in [0.2, 0.25) is 0 Å². The highest BCUT2D eigenvalue weighted by Crippen LogP contribution is 2.05. The Morgan fingerprint density at radius 2 is 1.86 bits per heavy atom. The maximum Gasteiger partial charge on any atom is 0.244 e. The molecule has 0 saturated heterocycles. The van der Waals surface area contributed by atoms with Crippen molar-refractivity contribution < 1.29 is 14.3 Å². The number of hydrogen-bond donors (Lipinski definition) is 2. The molecule has 0 radical (unpaired) electrons. The number of likely N-dealkylation sites (N-methyl/N-ethyl adjacent to an activating group) is 1. The number of methoxy groups -OCH3 is 1. The summed E-state index contributed by atoms with van der Waals surface area (Å²) < 4.78 is 4.85. The van der Waals surface area contributed by atoms with E-state index in [-0.39, 0.29) is 24.9 Å². The highest BCUT2D eigenvalue weighted by atomic mass is 35.5. The smallest absolute Gasteiger partial charge is 0.244 e. The number of amides is 2. The molecular formula is C15H24ClN3O3. The lowest BCUT2D eigenvalue weighted by Gasteiger charge is -2.23. The second kappa shape index (κ2) is 10.2. The quantitative estimate of drug-likeness (QED) is 0.748. The first-order chi connectivity index (χ1) is 9.95. The first kappa shape index (κ1) is 20.4. The molecule has 0 aromatic heterocycles. The van der Waals surface area contributed by atoms with E-state index in [9.17, 15) is 9.59 Å². The average Bonchev–Trinajstić information content (AvgIpc) is 2.46. The van der Waals surface area contributed by atoms with Crippen LogP contribution < -0.4 is 11.1 Å². The second-order valence-corrected chi connectivity index (χ2v) is 5.05. The molecule has 0 fully saturated rings. The Labute approximate surface area is 137 Å². The molecule has 1 rings (SSSR count). The van der Waals surface area contributed by atoms with Gasteiger partial charge in [-0.15, -0.1) is 12.4 Å². The van der Waals surface area contributed by atoms with E-state index >= 15 is 0 Å². The number of carbonyl (C=O) groups excluding carboxylic acids is 2. The molecule has 0 aliphatic carbocycles. The van der Waals surface area contributed by atoms with Crippen molar-refractivity contribution in [2.75, 3.05) is 27.8 Å². The molecular weight excluding hydrogens is 306 g/mol. The number of nitrogens with zero attached hydrogens (tertiary/aromatic N) is 1. The van der Waals surface area contributed by atoms with E-state index in [1.165, 1.54) is 12.0 Å². The van der Waals surface area contributed by atoms with Crippen LogP contribution in [0.4, 0.5) is 0 Å². The molecule has 7 heteroatoms. The van der Waals surface area contributed by atoms with Crippen LogP contribution in [0.15, 0.2) is 30.3 Å². The molecule has 0 heterocycles.